The highest BCUT2D eigenvalue weighted by Gasteiger charge is 2.23. The Labute approximate surface area is 148 Å². The van der Waals surface area contributed by atoms with E-state index in [9.17, 15) is 9.59 Å². The van der Waals surface area contributed by atoms with Gasteiger partial charge in [0, 0.05) is 26.2 Å². The summed E-state index contributed by atoms with van der Waals surface area (Å²) in [4.78, 5) is 25.5. The Kier molecular flexibility index (Phi) is 7.53. The van der Waals surface area contributed by atoms with E-state index in [1.165, 1.54) is 7.11 Å². The van der Waals surface area contributed by atoms with Crippen molar-refractivity contribution >= 4 is 11.8 Å². The van der Waals surface area contributed by atoms with Crippen LogP contribution in [0, 0.1) is 0 Å². The lowest BCUT2D eigenvalue weighted by Gasteiger charge is -2.32. The molecule has 7 nitrogen and oxygen atoms in total. The van der Waals surface area contributed by atoms with Gasteiger partial charge in [0.25, 0.3) is 5.91 Å². The first kappa shape index (κ1) is 19.1. The van der Waals surface area contributed by atoms with Crippen molar-refractivity contribution < 1.29 is 23.8 Å². The molecule has 0 radical (unpaired) electrons. The van der Waals surface area contributed by atoms with Gasteiger partial charge in [0.2, 0.25) is 5.91 Å². The Balaban J connectivity index is 1.68. The second-order valence-corrected chi connectivity index (χ2v) is 5.85. The number of rotatable bonds is 8. The minimum absolute atomic E-state index is 0.00823. The number of piperidine rings is 1. The maximum atomic E-state index is 12.0. The molecular weight excluding hydrogens is 324 g/mol. The van der Waals surface area contributed by atoms with E-state index in [4.69, 9.17) is 14.2 Å². The molecule has 0 unspecified atom stereocenters. The maximum Gasteiger partial charge on any atom is 0.258 e. The van der Waals surface area contributed by atoms with Crippen molar-refractivity contribution in [3.05, 3.63) is 24.3 Å². The zero-order chi connectivity index (χ0) is 18.1. The molecule has 0 bridgehead atoms. The molecule has 25 heavy (non-hydrogen) atoms. The molecule has 1 aliphatic rings. The number of methoxy groups -OCH3 is 1. The Morgan fingerprint density at radius 1 is 1.08 bits per heavy atom. The van der Waals surface area contributed by atoms with Gasteiger partial charge in [0.15, 0.2) is 6.61 Å². The molecule has 1 N–H and O–H groups in total. The molecule has 1 heterocycles. The molecule has 2 amide bonds. The number of benzene rings is 1. The molecule has 0 aromatic heterocycles. The predicted octanol–water partition coefficient (Wildman–Crippen LogP) is 1.22. The van der Waals surface area contributed by atoms with E-state index in [1.807, 2.05) is 19.1 Å². The molecule has 1 aliphatic heterocycles. The number of hydrogen-bond acceptors (Lipinski definition) is 5. The first-order valence-corrected chi connectivity index (χ1v) is 8.54. The van der Waals surface area contributed by atoms with E-state index >= 15 is 0 Å². The van der Waals surface area contributed by atoms with Gasteiger partial charge < -0.3 is 24.4 Å². The molecular formula is C18H26N2O5. The number of carbonyl (C=O) groups excluding carboxylic acids is 2. The van der Waals surface area contributed by atoms with Crippen LogP contribution in [-0.2, 0) is 14.3 Å². The molecule has 0 spiro atoms. The van der Waals surface area contributed by atoms with Crippen LogP contribution in [0.4, 0.5) is 0 Å². The number of amides is 2. The van der Waals surface area contributed by atoms with Gasteiger partial charge in [0.1, 0.15) is 18.1 Å². The lowest BCUT2D eigenvalue weighted by molar-refractivity contribution is -0.136. The van der Waals surface area contributed by atoms with Crippen molar-refractivity contribution in [1.29, 1.82) is 0 Å². The van der Waals surface area contributed by atoms with Crippen LogP contribution in [0.3, 0.4) is 0 Å². The van der Waals surface area contributed by atoms with Crippen LogP contribution in [0.5, 0.6) is 11.5 Å². The quantitative estimate of drug-likeness (QED) is 0.763. The molecule has 0 atom stereocenters. The van der Waals surface area contributed by atoms with Crippen LogP contribution in [-0.4, -0.2) is 62.8 Å². The summed E-state index contributed by atoms with van der Waals surface area (Å²) in [6.07, 6.45) is 1.48. The van der Waals surface area contributed by atoms with Crippen LogP contribution < -0.4 is 14.8 Å². The Hall–Kier alpha value is -2.28. The third-order valence-electron chi connectivity index (χ3n) is 3.99. The number of likely N-dealkylation sites (tertiary alicyclic amines) is 1. The van der Waals surface area contributed by atoms with Gasteiger partial charge in [-0.3, -0.25) is 9.59 Å². The van der Waals surface area contributed by atoms with Gasteiger partial charge in [-0.1, -0.05) is 0 Å². The van der Waals surface area contributed by atoms with E-state index in [1.54, 1.807) is 17.0 Å². The minimum Gasteiger partial charge on any atom is -0.494 e. The van der Waals surface area contributed by atoms with Crippen LogP contribution in [0.25, 0.3) is 0 Å². The number of carbonyl (C=O) groups is 2. The normalized spacial score (nSPS) is 14.9. The van der Waals surface area contributed by atoms with E-state index in [0.29, 0.717) is 25.4 Å². The zero-order valence-electron chi connectivity index (χ0n) is 14.8. The fourth-order valence-corrected chi connectivity index (χ4v) is 2.70. The first-order valence-electron chi connectivity index (χ1n) is 8.54. The van der Waals surface area contributed by atoms with Crippen LogP contribution in [0.15, 0.2) is 24.3 Å². The molecule has 0 saturated carbocycles. The highest BCUT2D eigenvalue weighted by atomic mass is 16.5. The van der Waals surface area contributed by atoms with Crippen molar-refractivity contribution in [3.8, 4) is 11.5 Å². The molecule has 138 valence electrons. The SMILES string of the molecule is CCOc1ccc(OCC(=O)NC2CCN(C(=O)COC)CC2)cc1. The van der Waals surface area contributed by atoms with Crippen molar-refractivity contribution in [3.63, 3.8) is 0 Å². The standard InChI is InChI=1S/C18H26N2O5/c1-3-24-15-4-6-16(7-5-15)25-12-17(21)19-14-8-10-20(11-9-14)18(22)13-23-2/h4-7,14H,3,8-13H2,1-2H3,(H,19,21). The van der Waals surface area contributed by atoms with E-state index in [0.717, 1.165) is 18.6 Å². The average molecular weight is 350 g/mol. The van der Waals surface area contributed by atoms with E-state index in [2.05, 4.69) is 5.32 Å². The number of ether oxygens (including phenoxy) is 3. The average Bonchev–Trinajstić information content (AvgIpc) is 2.62. The molecule has 1 fully saturated rings. The van der Waals surface area contributed by atoms with Gasteiger partial charge in [-0.25, -0.2) is 0 Å². The monoisotopic (exact) mass is 350 g/mol. The highest BCUT2D eigenvalue weighted by molar-refractivity contribution is 5.78. The summed E-state index contributed by atoms with van der Waals surface area (Å²) in [7, 11) is 1.51. The van der Waals surface area contributed by atoms with Crippen LogP contribution >= 0.6 is 0 Å². The van der Waals surface area contributed by atoms with Crippen LogP contribution in [0.2, 0.25) is 0 Å². The van der Waals surface area contributed by atoms with Gasteiger partial charge in [-0.2, -0.15) is 0 Å². The van der Waals surface area contributed by atoms with Gasteiger partial charge in [0.05, 0.1) is 6.61 Å². The topological polar surface area (TPSA) is 77.1 Å². The van der Waals surface area contributed by atoms with Crippen molar-refractivity contribution in [2.45, 2.75) is 25.8 Å². The number of nitrogens with zero attached hydrogens (tertiary/aromatic N) is 1. The Morgan fingerprint density at radius 3 is 2.24 bits per heavy atom. The van der Waals surface area contributed by atoms with E-state index in [-0.39, 0.29) is 31.1 Å². The molecule has 1 aromatic rings. The summed E-state index contributed by atoms with van der Waals surface area (Å²) in [5.74, 6) is 1.23. The largest absolute Gasteiger partial charge is 0.494 e. The number of hydrogen-bond donors (Lipinski definition) is 1. The molecule has 0 aliphatic carbocycles. The molecule has 2 rings (SSSR count). The third kappa shape index (κ3) is 6.26. The smallest absolute Gasteiger partial charge is 0.258 e. The lowest BCUT2D eigenvalue weighted by atomic mass is 10.1. The van der Waals surface area contributed by atoms with Gasteiger partial charge in [-0.05, 0) is 44.0 Å². The van der Waals surface area contributed by atoms with Crippen molar-refractivity contribution in [2.75, 3.05) is 40.0 Å². The second kappa shape index (κ2) is 9.88. The summed E-state index contributed by atoms with van der Waals surface area (Å²) in [5, 5.41) is 2.95. The fraction of sp³-hybridized carbons (Fsp3) is 0.556. The molecule has 1 saturated heterocycles. The molecule has 7 heteroatoms. The third-order valence-corrected chi connectivity index (χ3v) is 3.99. The highest BCUT2D eigenvalue weighted by Crippen LogP contribution is 2.17. The van der Waals surface area contributed by atoms with Crippen molar-refractivity contribution in [1.82, 2.24) is 10.2 Å². The van der Waals surface area contributed by atoms with Gasteiger partial charge >= 0.3 is 0 Å². The minimum atomic E-state index is -0.157. The second-order valence-electron chi connectivity index (χ2n) is 5.85. The first-order chi connectivity index (χ1) is 12.1. The zero-order valence-corrected chi connectivity index (χ0v) is 14.8. The summed E-state index contributed by atoms with van der Waals surface area (Å²) in [5.41, 5.74) is 0. The van der Waals surface area contributed by atoms with Crippen LogP contribution in [0.1, 0.15) is 19.8 Å². The maximum absolute atomic E-state index is 12.0. The lowest BCUT2D eigenvalue weighted by Crippen LogP contribution is -2.48. The van der Waals surface area contributed by atoms with Gasteiger partial charge in [-0.15, -0.1) is 0 Å². The van der Waals surface area contributed by atoms with E-state index < -0.39 is 0 Å². The number of nitrogens with one attached hydrogen (secondary N) is 1. The predicted molar refractivity (Wildman–Crippen MR) is 92.7 cm³/mol. The summed E-state index contributed by atoms with van der Waals surface area (Å²) in [6.45, 7) is 3.87. The Bertz CT molecular complexity index is 553. The summed E-state index contributed by atoms with van der Waals surface area (Å²) in [6, 6.07) is 7.24. The fourth-order valence-electron chi connectivity index (χ4n) is 2.70. The molecule has 1 aromatic carbocycles. The summed E-state index contributed by atoms with van der Waals surface area (Å²) >= 11 is 0. The Morgan fingerprint density at radius 2 is 1.68 bits per heavy atom. The summed E-state index contributed by atoms with van der Waals surface area (Å²) < 4.78 is 15.7. The van der Waals surface area contributed by atoms with Crippen molar-refractivity contribution in [2.24, 2.45) is 0 Å².